The molecule has 5 atom stereocenters. The number of nitrogens with zero attached hydrogens (tertiary/aromatic N) is 1. The van der Waals surface area contributed by atoms with E-state index in [4.69, 9.17) is 4.74 Å². The van der Waals surface area contributed by atoms with Crippen LogP contribution in [0.15, 0.2) is 0 Å². The Bertz CT molecular complexity index is 403. The summed E-state index contributed by atoms with van der Waals surface area (Å²) >= 11 is 0. The zero-order valence-electron chi connectivity index (χ0n) is 13.3. The van der Waals surface area contributed by atoms with Crippen molar-refractivity contribution in [3.8, 4) is 0 Å². The summed E-state index contributed by atoms with van der Waals surface area (Å²) in [4.78, 5) is 13.9. The van der Waals surface area contributed by atoms with Crippen LogP contribution in [0.25, 0.3) is 0 Å². The van der Waals surface area contributed by atoms with Crippen molar-refractivity contribution in [1.82, 2.24) is 10.2 Å². The van der Waals surface area contributed by atoms with Gasteiger partial charge in [0.2, 0.25) is 0 Å². The standard InChI is InChI=1S/C16H28N2O3/c1-16(2,3)15-17-12-5-4-10(14(19)20)8-13(12)18(15)9-11-6-7-21-11/h10-13,15,17H,4-9H2,1-3H3,(H,19,20)/t10?,11-,12?,13?,15?/m0/s1. The van der Waals surface area contributed by atoms with Crippen LogP contribution in [0.5, 0.6) is 0 Å². The quantitative estimate of drug-likeness (QED) is 0.829. The molecule has 5 heteroatoms. The third-order valence-corrected chi connectivity index (χ3v) is 5.32. The molecule has 3 aliphatic rings. The molecular weight excluding hydrogens is 268 g/mol. The number of rotatable bonds is 3. The lowest BCUT2D eigenvalue weighted by Gasteiger charge is -2.42. The van der Waals surface area contributed by atoms with Gasteiger partial charge in [-0.25, -0.2) is 0 Å². The van der Waals surface area contributed by atoms with E-state index in [1.165, 1.54) is 0 Å². The van der Waals surface area contributed by atoms with Crippen molar-refractivity contribution < 1.29 is 14.6 Å². The summed E-state index contributed by atoms with van der Waals surface area (Å²) in [6.45, 7) is 8.57. The van der Waals surface area contributed by atoms with Crippen molar-refractivity contribution in [3.05, 3.63) is 0 Å². The minimum Gasteiger partial charge on any atom is -0.481 e. The highest BCUT2D eigenvalue weighted by Gasteiger charge is 2.49. The van der Waals surface area contributed by atoms with Gasteiger partial charge in [0.25, 0.3) is 0 Å². The molecule has 3 rings (SSSR count). The van der Waals surface area contributed by atoms with Gasteiger partial charge in [-0.1, -0.05) is 20.8 Å². The zero-order valence-corrected chi connectivity index (χ0v) is 13.3. The third-order valence-electron chi connectivity index (χ3n) is 5.32. The number of aliphatic carboxylic acids is 1. The summed E-state index contributed by atoms with van der Waals surface area (Å²) in [5, 5.41) is 13.1. The molecule has 2 N–H and O–H groups in total. The molecule has 0 spiro atoms. The Morgan fingerprint density at radius 2 is 2.05 bits per heavy atom. The average molecular weight is 296 g/mol. The van der Waals surface area contributed by atoms with E-state index >= 15 is 0 Å². The molecule has 0 amide bonds. The number of nitrogens with one attached hydrogen (secondary N) is 1. The van der Waals surface area contributed by atoms with Gasteiger partial charge in [0, 0.05) is 25.2 Å². The van der Waals surface area contributed by atoms with E-state index in [9.17, 15) is 9.90 Å². The summed E-state index contributed by atoms with van der Waals surface area (Å²) in [6.07, 6.45) is 4.31. The van der Waals surface area contributed by atoms with Crippen LogP contribution < -0.4 is 5.32 Å². The Morgan fingerprint density at radius 1 is 1.33 bits per heavy atom. The van der Waals surface area contributed by atoms with E-state index in [0.717, 1.165) is 38.8 Å². The van der Waals surface area contributed by atoms with Crippen LogP contribution >= 0.6 is 0 Å². The van der Waals surface area contributed by atoms with Gasteiger partial charge in [-0.3, -0.25) is 15.0 Å². The number of hydrogen-bond acceptors (Lipinski definition) is 4. The molecule has 2 saturated heterocycles. The van der Waals surface area contributed by atoms with Crippen LogP contribution in [0.3, 0.4) is 0 Å². The second-order valence-corrected chi connectivity index (χ2v) is 7.94. The first-order valence-electron chi connectivity index (χ1n) is 8.22. The van der Waals surface area contributed by atoms with Gasteiger partial charge < -0.3 is 9.84 Å². The molecule has 2 heterocycles. The number of carbonyl (C=O) groups is 1. The highest BCUT2D eigenvalue weighted by atomic mass is 16.5. The Morgan fingerprint density at radius 3 is 2.57 bits per heavy atom. The third kappa shape index (κ3) is 2.96. The van der Waals surface area contributed by atoms with Crippen molar-refractivity contribution in [1.29, 1.82) is 0 Å². The van der Waals surface area contributed by atoms with Gasteiger partial charge in [0.15, 0.2) is 0 Å². The largest absolute Gasteiger partial charge is 0.481 e. The number of ether oxygens (including phenoxy) is 1. The molecule has 0 aromatic heterocycles. The number of carboxylic acid groups (broad SMARTS) is 1. The minimum atomic E-state index is -0.632. The first-order valence-corrected chi connectivity index (χ1v) is 8.22. The van der Waals surface area contributed by atoms with Gasteiger partial charge in [-0.2, -0.15) is 0 Å². The van der Waals surface area contributed by atoms with E-state index in [1.54, 1.807) is 0 Å². The SMILES string of the molecule is CC(C)(C)C1NC2CCC(C(=O)O)CC2N1C[C@@H]1CCO1. The molecule has 1 aliphatic carbocycles. The van der Waals surface area contributed by atoms with Crippen LogP contribution in [-0.2, 0) is 9.53 Å². The Balaban J connectivity index is 1.76. The van der Waals surface area contributed by atoms with E-state index in [0.29, 0.717) is 24.4 Å². The van der Waals surface area contributed by atoms with Gasteiger partial charge in [-0.05, 0) is 31.1 Å². The monoisotopic (exact) mass is 296 g/mol. The number of fused-ring (bicyclic) bond motifs is 1. The van der Waals surface area contributed by atoms with E-state index in [2.05, 4.69) is 31.0 Å². The predicted octanol–water partition coefficient (Wildman–Crippen LogP) is 1.67. The Kier molecular flexibility index (Phi) is 4.01. The molecule has 0 aromatic rings. The lowest BCUT2D eigenvalue weighted by atomic mass is 9.82. The fourth-order valence-electron chi connectivity index (χ4n) is 4.07. The smallest absolute Gasteiger partial charge is 0.306 e. The predicted molar refractivity (Wildman–Crippen MR) is 80.0 cm³/mol. The fraction of sp³-hybridized carbons (Fsp3) is 0.938. The topological polar surface area (TPSA) is 61.8 Å². The van der Waals surface area contributed by atoms with Crippen molar-refractivity contribution in [2.75, 3.05) is 13.2 Å². The summed E-state index contributed by atoms with van der Waals surface area (Å²) < 4.78 is 5.62. The van der Waals surface area contributed by atoms with Crippen LogP contribution in [0.2, 0.25) is 0 Å². The lowest BCUT2D eigenvalue weighted by Crippen LogP contribution is -2.52. The molecule has 1 saturated carbocycles. The molecule has 120 valence electrons. The molecule has 0 aromatic carbocycles. The Labute approximate surface area is 127 Å². The van der Waals surface area contributed by atoms with Gasteiger partial charge in [-0.15, -0.1) is 0 Å². The maximum Gasteiger partial charge on any atom is 0.306 e. The number of carboxylic acids is 1. The molecule has 21 heavy (non-hydrogen) atoms. The lowest BCUT2D eigenvalue weighted by molar-refractivity contribution is -0.143. The summed E-state index contributed by atoms with van der Waals surface area (Å²) in [6, 6.07) is 0.776. The van der Waals surface area contributed by atoms with Crippen LogP contribution in [-0.4, -0.2) is 53.5 Å². The van der Waals surface area contributed by atoms with Gasteiger partial charge in [0.05, 0.1) is 18.2 Å². The molecule has 0 radical (unpaired) electrons. The van der Waals surface area contributed by atoms with Gasteiger partial charge in [0.1, 0.15) is 0 Å². The number of hydrogen-bond donors (Lipinski definition) is 2. The maximum atomic E-state index is 11.4. The summed E-state index contributed by atoms with van der Waals surface area (Å²) in [7, 11) is 0. The molecule has 3 fully saturated rings. The van der Waals surface area contributed by atoms with Crippen molar-refractivity contribution in [3.63, 3.8) is 0 Å². The highest BCUT2D eigenvalue weighted by molar-refractivity contribution is 5.70. The summed E-state index contributed by atoms with van der Waals surface area (Å²) in [5.74, 6) is -0.816. The minimum absolute atomic E-state index is 0.139. The first kappa shape index (κ1) is 15.3. The van der Waals surface area contributed by atoms with E-state index < -0.39 is 5.97 Å². The molecule has 2 aliphatic heterocycles. The molecule has 5 nitrogen and oxygen atoms in total. The van der Waals surface area contributed by atoms with Crippen LogP contribution in [0.1, 0.15) is 46.5 Å². The first-order chi connectivity index (χ1) is 9.86. The van der Waals surface area contributed by atoms with Crippen LogP contribution in [0.4, 0.5) is 0 Å². The average Bonchev–Trinajstić information content (AvgIpc) is 2.71. The normalized spacial score (nSPS) is 40.6. The van der Waals surface area contributed by atoms with Crippen molar-refractivity contribution >= 4 is 5.97 Å². The maximum absolute atomic E-state index is 11.4. The van der Waals surface area contributed by atoms with Crippen LogP contribution in [0, 0.1) is 11.3 Å². The zero-order chi connectivity index (χ0) is 15.2. The second-order valence-electron chi connectivity index (χ2n) is 7.94. The molecular formula is C16H28N2O3. The second kappa shape index (κ2) is 5.52. The van der Waals surface area contributed by atoms with E-state index in [-0.39, 0.29) is 11.3 Å². The highest BCUT2D eigenvalue weighted by Crippen LogP contribution is 2.39. The fourth-order valence-corrected chi connectivity index (χ4v) is 4.07. The molecule has 0 bridgehead atoms. The Hall–Kier alpha value is -0.650. The van der Waals surface area contributed by atoms with Crippen molar-refractivity contribution in [2.24, 2.45) is 11.3 Å². The van der Waals surface area contributed by atoms with Gasteiger partial charge >= 0.3 is 5.97 Å². The van der Waals surface area contributed by atoms with E-state index in [1.807, 2.05) is 0 Å². The summed E-state index contributed by atoms with van der Waals surface area (Å²) in [5.41, 5.74) is 0.139. The van der Waals surface area contributed by atoms with Crippen molar-refractivity contribution in [2.45, 2.75) is 70.8 Å². The molecule has 4 unspecified atom stereocenters.